The summed E-state index contributed by atoms with van der Waals surface area (Å²) in [5, 5.41) is 2.61. The molecule has 0 fully saturated rings. The van der Waals surface area contributed by atoms with E-state index in [-0.39, 0.29) is 25.3 Å². The van der Waals surface area contributed by atoms with E-state index < -0.39 is 23.6 Å². The van der Waals surface area contributed by atoms with Crippen molar-refractivity contribution in [1.82, 2.24) is 9.47 Å². The molecule has 35 heavy (non-hydrogen) atoms. The van der Waals surface area contributed by atoms with Gasteiger partial charge < -0.3 is 14.8 Å². The average Bonchev–Trinajstić information content (AvgIpc) is 3.27. The predicted octanol–water partition coefficient (Wildman–Crippen LogP) is 6.93. The highest BCUT2D eigenvalue weighted by Gasteiger charge is 2.30. The second-order valence-corrected chi connectivity index (χ2v) is 8.08. The van der Waals surface area contributed by atoms with E-state index in [0.717, 1.165) is 23.4 Å². The van der Waals surface area contributed by atoms with Gasteiger partial charge in [0.25, 0.3) is 0 Å². The van der Waals surface area contributed by atoms with Crippen LogP contribution in [-0.2, 0) is 25.8 Å². The molecule has 2 amide bonds. The largest absolute Gasteiger partial charge is 0.416 e. The molecule has 0 saturated heterocycles. The Hall–Kier alpha value is -4.07. The van der Waals surface area contributed by atoms with Gasteiger partial charge in [0.05, 0.1) is 17.8 Å². The van der Waals surface area contributed by atoms with Gasteiger partial charge in [0.1, 0.15) is 5.82 Å². The number of anilines is 1. The molecule has 0 spiro atoms. The van der Waals surface area contributed by atoms with Crippen LogP contribution in [0.3, 0.4) is 0 Å². The van der Waals surface area contributed by atoms with Gasteiger partial charge in [-0.2, -0.15) is 13.2 Å². The van der Waals surface area contributed by atoms with Crippen molar-refractivity contribution >= 4 is 11.7 Å². The molecule has 1 aromatic heterocycles. The van der Waals surface area contributed by atoms with Crippen LogP contribution in [0.5, 0.6) is 0 Å². The zero-order valence-electron chi connectivity index (χ0n) is 18.7. The Labute approximate surface area is 200 Å². The third kappa shape index (κ3) is 6.29. The smallest absolute Gasteiger partial charge is 0.345 e. The topological polar surface area (TPSA) is 37.3 Å². The molecular formula is C27H23F4N3O. The molecule has 0 aliphatic carbocycles. The second-order valence-electron chi connectivity index (χ2n) is 8.08. The number of para-hydroxylation sites is 1. The van der Waals surface area contributed by atoms with Crippen LogP contribution >= 0.6 is 0 Å². The number of nitrogens with zero attached hydrogens (tertiary/aromatic N) is 2. The number of urea groups is 1. The van der Waals surface area contributed by atoms with E-state index >= 15 is 0 Å². The van der Waals surface area contributed by atoms with Crippen LogP contribution < -0.4 is 5.32 Å². The van der Waals surface area contributed by atoms with E-state index in [4.69, 9.17) is 0 Å². The summed E-state index contributed by atoms with van der Waals surface area (Å²) in [4.78, 5) is 14.7. The number of halogens is 4. The fourth-order valence-corrected chi connectivity index (χ4v) is 3.75. The number of rotatable bonds is 7. The van der Waals surface area contributed by atoms with E-state index in [9.17, 15) is 22.4 Å². The first-order chi connectivity index (χ1) is 16.8. The fraction of sp³-hybridized carbons (Fsp3) is 0.148. The van der Waals surface area contributed by atoms with Crippen molar-refractivity contribution < 1.29 is 22.4 Å². The summed E-state index contributed by atoms with van der Waals surface area (Å²) in [7, 11) is 0. The van der Waals surface area contributed by atoms with Gasteiger partial charge in [0.2, 0.25) is 0 Å². The Balaban J connectivity index is 1.56. The minimum absolute atomic E-state index is 0.0647. The van der Waals surface area contributed by atoms with Gasteiger partial charge in [-0.05, 0) is 47.5 Å². The molecule has 0 unspecified atom stereocenters. The molecule has 1 N–H and O–H groups in total. The zero-order valence-corrected chi connectivity index (χ0v) is 18.7. The van der Waals surface area contributed by atoms with Crippen molar-refractivity contribution in [2.45, 2.75) is 25.8 Å². The maximum absolute atomic E-state index is 14.1. The van der Waals surface area contributed by atoms with Crippen LogP contribution in [0.2, 0.25) is 0 Å². The van der Waals surface area contributed by atoms with Gasteiger partial charge in [-0.1, -0.05) is 54.6 Å². The third-order valence-corrected chi connectivity index (χ3v) is 5.50. The van der Waals surface area contributed by atoms with E-state index in [1.807, 2.05) is 36.4 Å². The number of hydrogen-bond donors (Lipinski definition) is 1. The van der Waals surface area contributed by atoms with Gasteiger partial charge >= 0.3 is 12.2 Å². The van der Waals surface area contributed by atoms with Crippen LogP contribution in [0.4, 0.5) is 28.0 Å². The molecule has 0 radical (unpaired) electrons. The Morgan fingerprint density at radius 2 is 1.54 bits per heavy atom. The normalized spacial score (nSPS) is 11.3. The number of benzene rings is 3. The number of alkyl halides is 3. The van der Waals surface area contributed by atoms with E-state index in [2.05, 4.69) is 5.32 Å². The van der Waals surface area contributed by atoms with Gasteiger partial charge in [-0.3, -0.25) is 0 Å². The summed E-state index contributed by atoms with van der Waals surface area (Å²) in [5.41, 5.74) is 1.45. The van der Waals surface area contributed by atoms with E-state index in [0.29, 0.717) is 5.56 Å². The molecule has 4 aromatic rings. The summed E-state index contributed by atoms with van der Waals surface area (Å²) in [6, 6.07) is 23.5. The molecule has 0 saturated carbocycles. The van der Waals surface area contributed by atoms with Gasteiger partial charge in [-0.15, -0.1) is 0 Å². The van der Waals surface area contributed by atoms with Crippen LogP contribution in [0, 0.1) is 5.82 Å². The minimum Gasteiger partial charge on any atom is -0.345 e. The molecule has 4 rings (SSSR count). The minimum atomic E-state index is -4.42. The number of carbonyl (C=O) groups excluding carboxylic acids is 1. The van der Waals surface area contributed by atoms with Gasteiger partial charge in [0.15, 0.2) is 0 Å². The molecule has 0 atom stereocenters. The Bertz CT molecular complexity index is 1280. The van der Waals surface area contributed by atoms with E-state index in [1.54, 1.807) is 29.0 Å². The lowest BCUT2D eigenvalue weighted by Crippen LogP contribution is -2.35. The molecular weight excluding hydrogens is 458 g/mol. The lowest BCUT2D eigenvalue weighted by atomic mass is 10.1. The maximum atomic E-state index is 14.1. The van der Waals surface area contributed by atoms with Crippen LogP contribution in [0.15, 0.2) is 97.2 Å². The first kappa shape index (κ1) is 24.1. The summed E-state index contributed by atoms with van der Waals surface area (Å²) >= 11 is 0. The number of carbonyl (C=O) groups is 1. The number of nitrogens with one attached hydrogen (secondary N) is 1. The molecule has 3 aromatic carbocycles. The average molecular weight is 481 g/mol. The molecule has 0 aliphatic rings. The summed E-state index contributed by atoms with van der Waals surface area (Å²) < 4.78 is 55.3. The number of hydrogen-bond acceptors (Lipinski definition) is 1. The first-order valence-electron chi connectivity index (χ1n) is 10.9. The molecule has 1 heterocycles. The molecule has 0 aliphatic heterocycles. The Kier molecular flexibility index (Phi) is 7.19. The summed E-state index contributed by atoms with van der Waals surface area (Å²) in [6.45, 7) is 0.636. The lowest BCUT2D eigenvalue weighted by molar-refractivity contribution is -0.137. The van der Waals surface area contributed by atoms with Crippen molar-refractivity contribution in [3.63, 3.8) is 0 Å². The summed E-state index contributed by atoms with van der Waals surface area (Å²) in [6.07, 6.45) is -2.67. The van der Waals surface area contributed by atoms with Crippen LogP contribution in [-0.4, -0.2) is 15.5 Å². The van der Waals surface area contributed by atoms with Crippen molar-refractivity contribution in [3.8, 4) is 0 Å². The first-order valence-corrected chi connectivity index (χ1v) is 10.9. The number of aromatic nitrogens is 1. The zero-order chi connectivity index (χ0) is 24.8. The van der Waals surface area contributed by atoms with Crippen molar-refractivity contribution in [2.75, 3.05) is 5.32 Å². The molecule has 0 bridgehead atoms. The van der Waals surface area contributed by atoms with E-state index in [1.165, 1.54) is 29.2 Å². The highest BCUT2D eigenvalue weighted by atomic mass is 19.4. The Morgan fingerprint density at radius 1 is 0.829 bits per heavy atom. The van der Waals surface area contributed by atoms with Gasteiger partial charge in [0, 0.05) is 25.0 Å². The monoisotopic (exact) mass is 481 g/mol. The quantitative estimate of drug-likeness (QED) is 0.286. The standard InChI is InChI=1S/C27H23F4N3O/c28-24-13-4-5-14-25(24)32-26(35)34(17-20-8-2-1-3-9-20)19-23-12-7-15-33(23)18-21-10-6-11-22(16-21)27(29,30)31/h1-16H,17-19H2,(H,32,35). The summed E-state index contributed by atoms with van der Waals surface area (Å²) in [5.74, 6) is -0.548. The highest BCUT2D eigenvalue weighted by molar-refractivity contribution is 5.89. The maximum Gasteiger partial charge on any atom is 0.416 e. The van der Waals surface area contributed by atoms with Gasteiger partial charge in [-0.25, -0.2) is 9.18 Å². The predicted molar refractivity (Wildman–Crippen MR) is 126 cm³/mol. The fourth-order valence-electron chi connectivity index (χ4n) is 3.75. The van der Waals surface area contributed by atoms with Crippen molar-refractivity contribution in [3.05, 3.63) is 125 Å². The second kappa shape index (κ2) is 10.5. The molecule has 180 valence electrons. The molecule has 4 nitrogen and oxygen atoms in total. The van der Waals surface area contributed by atoms with Crippen LogP contribution in [0.25, 0.3) is 0 Å². The third-order valence-electron chi connectivity index (χ3n) is 5.50. The van der Waals surface area contributed by atoms with Crippen LogP contribution in [0.1, 0.15) is 22.4 Å². The SMILES string of the molecule is O=C(Nc1ccccc1F)N(Cc1ccccc1)Cc1cccn1Cc1cccc(C(F)(F)F)c1. The lowest BCUT2D eigenvalue weighted by Gasteiger charge is -2.24. The Morgan fingerprint density at radius 3 is 2.29 bits per heavy atom. The molecule has 8 heteroatoms. The number of amides is 2. The van der Waals surface area contributed by atoms with Crippen molar-refractivity contribution in [2.24, 2.45) is 0 Å². The van der Waals surface area contributed by atoms with Crippen molar-refractivity contribution in [1.29, 1.82) is 0 Å². The highest BCUT2D eigenvalue weighted by Crippen LogP contribution is 2.30.